The highest BCUT2D eigenvalue weighted by Gasteiger charge is 2.49. The molecule has 5 fully saturated rings. The van der Waals surface area contributed by atoms with Crippen LogP contribution in [0.5, 0.6) is 0 Å². The van der Waals surface area contributed by atoms with Crippen LogP contribution in [0.4, 0.5) is 0 Å². The fraction of sp³-hybridized carbons (Fsp3) is 0.900. The van der Waals surface area contributed by atoms with Gasteiger partial charge in [0.05, 0.1) is 5.92 Å². The van der Waals surface area contributed by atoms with Crippen molar-refractivity contribution in [3.63, 3.8) is 0 Å². The molecular weight excluding hydrogens is 314 g/mol. The van der Waals surface area contributed by atoms with Crippen molar-refractivity contribution in [3.8, 4) is 0 Å². The number of carbonyl (C=O) groups excluding carboxylic acids is 2. The molecule has 5 nitrogen and oxygen atoms in total. The van der Waals surface area contributed by atoms with Gasteiger partial charge in [0.15, 0.2) is 0 Å². The van der Waals surface area contributed by atoms with Crippen molar-refractivity contribution in [2.24, 2.45) is 23.7 Å². The first-order chi connectivity index (χ1) is 12.2. The zero-order chi connectivity index (χ0) is 17.0. The second-order valence-corrected chi connectivity index (χ2v) is 9.12. The zero-order valence-corrected chi connectivity index (χ0v) is 15.2. The summed E-state index contributed by atoms with van der Waals surface area (Å²) in [7, 11) is 0. The molecule has 4 saturated heterocycles. The van der Waals surface area contributed by atoms with Crippen LogP contribution in [0, 0.1) is 23.7 Å². The predicted molar refractivity (Wildman–Crippen MR) is 94.8 cm³/mol. The van der Waals surface area contributed by atoms with Gasteiger partial charge in [-0.3, -0.25) is 14.5 Å². The fourth-order valence-electron chi connectivity index (χ4n) is 5.96. The summed E-state index contributed by atoms with van der Waals surface area (Å²) >= 11 is 0. The minimum Gasteiger partial charge on any atom is -0.342 e. The molecule has 0 aromatic carbocycles. The first-order valence-electron chi connectivity index (χ1n) is 10.5. The summed E-state index contributed by atoms with van der Waals surface area (Å²) in [6.45, 7) is 5.95. The molecule has 0 aromatic heterocycles. The third-order valence-electron chi connectivity index (χ3n) is 7.44. The quantitative estimate of drug-likeness (QED) is 0.763. The maximum absolute atomic E-state index is 13.1. The van der Waals surface area contributed by atoms with Crippen LogP contribution in [-0.2, 0) is 9.59 Å². The molecule has 138 valence electrons. The smallest absolute Gasteiger partial charge is 0.227 e. The number of amides is 2. The highest BCUT2D eigenvalue weighted by Crippen LogP contribution is 2.41. The molecule has 4 aliphatic heterocycles. The van der Waals surface area contributed by atoms with Crippen molar-refractivity contribution in [1.82, 2.24) is 14.7 Å². The summed E-state index contributed by atoms with van der Waals surface area (Å²) < 4.78 is 0. The monoisotopic (exact) mass is 345 g/mol. The van der Waals surface area contributed by atoms with Crippen LogP contribution >= 0.6 is 0 Å². The number of hydrogen-bond donors (Lipinski definition) is 0. The lowest BCUT2D eigenvalue weighted by Gasteiger charge is -2.36. The second kappa shape index (κ2) is 6.26. The molecule has 1 saturated carbocycles. The highest BCUT2D eigenvalue weighted by atomic mass is 16.2. The predicted octanol–water partition coefficient (Wildman–Crippen LogP) is 1.58. The van der Waals surface area contributed by atoms with E-state index in [0.717, 1.165) is 51.4 Å². The summed E-state index contributed by atoms with van der Waals surface area (Å²) in [6.07, 6.45) is 8.12. The number of likely N-dealkylation sites (tertiary alicyclic amines) is 2. The van der Waals surface area contributed by atoms with Crippen molar-refractivity contribution in [2.75, 3.05) is 39.3 Å². The molecule has 0 radical (unpaired) electrons. The first kappa shape index (κ1) is 16.1. The Kier molecular flexibility index (Phi) is 4.03. The van der Waals surface area contributed by atoms with Gasteiger partial charge in [-0.1, -0.05) is 6.42 Å². The molecule has 0 spiro atoms. The molecule has 0 unspecified atom stereocenters. The molecular formula is C20H31N3O2. The average molecular weight is 345 g/mol. The molecule has 1 aliphatic carbocycles. The van der Waals surface area contributed by atoms with Crippen LogP contribution in [-0.4, -0.2) is 71.8 Å². The molecule has 2 amide bonds. The van der Waals surface area contributed by atoms with E-state index in [0.29, 0.717) is 30.2 Å². The molecule has 5 aliphatic rings. The Labute approximate surface area is 150 Å². The van der Waals surface area contributed by atoms with E-state index in [1.807, 2.05) is 4.90 Å². The van der Waals surface area contributed by atoms with Crippen molar-refractivity contribution in [3.05, 3.63) is 0 Å². The summed E-state index contributed by atoms with van der Waals surface area (Å²) in [5.74, 6) is 2.38. The topological polar surface area (TPSA) is 43.9 Å². The molecule has 5 heteroatoms. The largest absolute Gasteiger partial charge is 0.342 e. The number of nitrogens with zero attached hydrogens (tertiary/aromatic N) is 3. The zero-order valence-electron chi connectivity index (χ0n) is 15.2. The Morgan fingerprint density at radius 2 is 1.52 bits per heavy atom. The molecule has 5 rings (SSSR count). The number of piperidine rings is 2. The summed E-state index contributed by atoms with van der Waals surface area (Å²) in [5, 5.41) is 0. The van der Waals surface area contributed by atoms with E-state index in [1.165, 1.54) is 32.4 Å². The van der Waals surface area contributed by atoms with Crippen molar-refractivity contribution in [2.45, 2.75) is 51.0 Å². The van der Waals surface area contributed by atoms with Crippen molar-refractivity contribution < 1.29 is 9.59 Å². The van der Waals surface area contributed by atoms with E-state index in [-0.39, 0.29) is 11.8 Å². The van der Waals surface area contributed by atoms with Gasteiger partial charge >= 0.3 is 0 Å². The van der Waals surface area contributed by atoms with Crippen LogP contribution < -0.4 is 0 Å². The van der Waals surface area contributed by atoms with Gasteiger partial charge in [0.1, 0.15) is 0 Å². The average Bonchev–Trinajstić information content (AvgIpc) is 3.32. The first-order valence-corrected chi connectivity index (χ1v) is 10.5. The summed E-state index contributed by atoms with van der Waals surface area (Å²) in [4.78, 5) is 32.3. The van der Waals surface area contributed by atoms with E-state index >= 15 is 0 Å². The number of hydrogen-bond acceptors (Lipinski definition) is 3. The Morgan fingerprint density at radius 3 is 2.36 bits per heavy atom. The van der Waals surface area contributed by atoms with Gasteiger partial charge in [0.2, 0.25) is 11.8 Å². The summed E-state index contributed by atoms with van der Waals surface area (Å²) in [5.41, 5.74) is 0. The lowest BCUT2D eigenvalue weighted by molar-refractivity contribution is -0.141. The van der Waals surface area contributed by atoms with Gasteiger partial charge in [0, 0.05) is 44.7 Å². The molecule has 0 aromatic rings. The van der Waals surface area contributed by atoms with Gasteiger partial charge in [-0.05, 0) is 56.9 Å². The maximum atomic E-state index is 13.1. The van der Waals surface area contributed by atoms with E-state index in [1.54, 1.807) is 0 Å². The van der Waals surface area contributed by atoms with Crippen LogP contribution in [0.2, 0.25) is 0 Å². The lowest BCUT2D eigenvalue weighted by atomic mass is 9.90. The normalized spacial score (nSPS) is 38.6. The van der Waals surface area contributed by atoms with Gasteiger partial charge < -0.3 is 9.80 Å². The number of carbonyl (C=O) groups is 2. The Balaban J connectivity index is 1.21. The van der Waals surface area contributed by atoms with Crippen molar-refractivity contribution >= 4 is 11.8 Å². The van der Waals surface area contributed by atoms with Crippen LogP contribution in [0.3, 0.4) is 0 Å². The minimum atomic E-state index is 0.0535. The highest BCUT2D eigenvalue weighted by molar-refractivity contribution is 5.83. The molecule has 0 N–H and O–H groups in total. The van der Waals surface area contributed by atoms with Crippen LogP contribution in [0.25, 0.3) is 0 Å². The van der Waals surface area contributed by atoms with Crippen molar-refractivity contribution in [1.29, 1.82) is 0 Å². The van der Waals surface area contributed by atoms with Gasteiger partial charge in [-0.25, -0.2) is 0 Å². The molecule has 4 heterocycles. The lowest BCUT2D eigenvalue weighted by Crippen LogP contribution is -2.47. The van der Waals surface area contributed by atoms with Crippen LogP contribution in [0.1, 0.15) is 44.9 Å². The number of fused-ring (bicyclic) bond motifs is 3. The van der Waals surface area contributed by atoms with Gasteiger partial charge in [-0.15, -0.1) is 0 Å². The van der Waals surface area contributed by atoms with E-state index in [9.17, 15) is 9.59 Å². The van der Waals surface area contributed by atoms with Crippen LogP contribution in [0.15, 0.2) is 0 Å². The molecule has 0 bridgehead atoms. The molecule has 4 atom stereocenters. The third kappa shape index (κ3) is 2.88. The van der Waals surface area contributed by atoms with E-state index < -0.39 is 0 Å². The standard InChI is InChI=1S/C20H31N3O2/c24-19(14-6-7-14)22-9-3-4-15(10-22)20(25)23-12-16-11-21-8-2-1-5-18(21)17(16)13-23/h14-18H,1-13H2/t15-,16-,17-,18+/m0/s1. The van der Waals surface area contributed by atoms with Gasteiger partial charge in [-0.2, -0.15) is 0 Å². The Bertz CT molecular complexity index is 561. The maximum Gasteiger partial charge on any atom is 0.227 e. The Morgan fingerprint density at radius 1 is 0.680 bits per heavy atom. The summed E-state index contributed by atoms with van der Waals surface area (Å²) in [6, 6.07) is 0.732. The van der Waals surface area contributed by atoms with E-state index in [2.05, 4.69) is 9.80 Å². The SMILES string of the molecule is O=C(C1CC1)N1CCC[C@H](C(=O)N2C[C@@H]3CN4CCCC[C@@H]4[C@H]3C2)C1. The van der Waals surface area contributed by atoms with E-state index in [4.69, 9.17) is 0 Å². The Hall–Kier alpha value is -1.10. The van der Waals surface area contributed by atoms with Gasteiger partial charge in [0.25, 0.3) is 0 Å². The third-order valence-corrected chi connectivity index (χ3v) is 7.44. The number of rotatable bonds is 2. The molecule has 25 heavy (non-hydrogen) atoms. The fourth-order valence-corrected chi connectivity index (χ4v) is 5.96. The minimum absolute atomic E-state index is 0.0535. The second-order valence-electron chi connectivity index (χ2n) is 9.12.